The smallest absolute Gasteiger partial charge is 0.328 e. The monoisotopic (exact) mass is 559 g/mol. The molecular weight excluding hydrogens is 525 g/mol. The van der Waals surface area contributed by atoms with Gasteiger partial charge >= 0.3 is 6.03 Å². The van der Waals surface area contributed by atoms with Crippen LogP contribution in [0.3, 0.4) is 0 Å². The average Bonchev–Trinajstić information content (AvgIpc) is 3.50. The number of fused-ring (bicyclic) bond motifs is 1. The number of nitrogens with one attached hydrogen (secondary N) is 1. The first-order valence-electron chi connectivity index (χ1n) is 13.9. The number of aromatic nitrogens is 2. The van der Waals surface area contributed by atoms with Gasteiger partial charge in [-0.3, -0.25) is 24.9 Å². The van der Waals surface area contributed by atoms with Crippen molar-refractivity contribution >= 4 is 28.5 Å². The number of β-amino-alcohol motifs (C(OH)–C–C–N with tert-alkyl or cyclic N) is 1. The summed E-state index contributed by atoms with van der Waals surface area (Å²) in [5.41, 5.74) is 3.00. The van der Waals surface area contributed by atoms with E-state index >= 15 is 4.39 Å². The number of benzene rings is 2. The summed E-state index contributed by atoms with van der Waals surface area (Å²) in [6.07, 6.45) is 5.26. The first-order valence-corrected chi connectivity index (χ1v) is 13.9. The third-order valence-corrected chi connectivity index (χ3v) is 7.67. The van der Waals surface area contributed by atoms with Crippen LogP contribution in [-0.2, 0) is 11.3 Å². The Labute approximate surface area is 238 Å². The van der Waals surface area contributed by atoms with Crippen molar-refractivity contribution < 1.29 is 23.5 Å². The quantitative estimate of drug-likeness (QED) is 0.344. The lowest BCUT2D eigenvalue weighted by Gasteiger charge is -2.43. The van der Waals surface area contributed by atoms with E-state index in [2.05, 4.69) is 20.2 Å². The van der Waals surface area contributed by atoms with Crippen LogP contribution in [0.5, 0.6) is 0 Å². The summed E-state index contributed by atoms with van der Waals surface area (Å²) < 4.78 is 21.0. The maximum atomic E-state index is 16.0. The first kappa shape index (κ1) is 28.4. The van der Waals surface area contributed by atoms with Crippen molar-refractivity contribution in [3.8, 4) is 11.3 Å². The van der Waals surface area contributed by atoms with Gasteiger partial charge in [-0.15, -0.1) is 0 Å². The Hall–Kier alpha value is -4.15. The average molecular weight is 560 g/mol. The molecule has 2 aromatic carbocycles. The van der Waals surface area contributed by atoms with Gasteiger partial charge in [-0.2, -0.15) is 0 Å². The van der Waals surface area contributed by atoms with Crippen LogP contribution in [0.4, 0.5) is 14.9 Å². The number of nitrogens with zero attached hydrogens (tertiary/aromatic N) is 4. The van der Waals surface area contributed by atoms with E-state index in [4.69, 9.17) is 4.42 Å². The number of halogens is 1. The van der Waals surface area contributed by atoms with Crippen molar-refractivity contribution in [2.45, 2.75) is 51.7 Å². The number of oxazole rings is 1. The highest BCUT2D eigenvalue weighted by Gasteiger charge is 2.40. The molecule has 214 valence electrons. The molecule has 4 aromatic rings. The summed E-state index contributed by atoms with van der Waals surface area (Å²) in [6.45, 7) is 7.71. The van der Waals surface area contributed by atoms with Gasteiger partial charge in [0.05, 0.1) is 23.0 Å². The van der Waals surface area contributed by atoms with Crippen molar-refractivity contribution in [1.29, 1.82) is 0 Å². The molecule has 0 saturated carbocycles. The molecule has 2 unspecified atom stereocenters. The number of hydrogen-bond donors (Lipinski definition) is 2. The SMILES string of the molecule is CC.CC1(O)CN(Cc2ccc(-c3cocn3)cc2)CCC1c1ccc2ncc(N3CCC(=O)NC3=O)cc2c1F. The molecule has 0 radical (unpaired) electrons. The number of rotatable bonds is 5. The Bertz CT molecular complexity index is 1540. The Morgan fingerprint density at radius 1 is 1.12 bits per heavy atom. The van der Waals surface area contributed by atoms with Crippen molar-refractivity contribution in [1.82, 2.24) is 20.2 Å². The minimum atomic E-state index is -1.16. The molecule has 2 aromatic heterocycles. The van der Waals surface area contributed by atoms with Crippen LogP contribution in [0, 0.1) is 5.82 Å². The molecule has 9 nitrogen and oxygen atoms in total. The fourth-order valence-corrected chi connectivity index (χ4v) is 5.68. The molecule has 2 saturated heterocycles. The number of likely N-dealkylation sites (tertiary alicyclic amines) is 1. The predicted molar refractivity (Wildman–Crippen MR) is 154 cm³/mol. The maximum Gasteiger partial charge on any atom is 0.328 e. The zero-order valence-electron chi connectivity index (χ0n) is 23.4. The van der Waals surface area contributed by atoms with Gasteiger partial charge in [0.1, 0.15) is 17.8 Å². The Balaban J connectivity index is 0.00000165. The summed E-state index contributed by atoms with van der Waals surface area (Å²) in [7, 11) is 0. The van der Waals surface area contributed by atoms with Crippen LogP contribution in [0.2, 0.25) is 0 Å². The minimum absolute atomic E-state index is 0.166. The van der Waals surface area contributed by atoms with E-state index in [-0.39, 0.29) is 24.3 Å². The molecule has 41 heavy (non-hydrogen) atoms. The fraction of sp³-hybridized carbons (Fsp3) is 0.355. The van der Waals surface area contributed by atoms with Crippen LogP contribution in [0.15, 0.2) is 65.7 Å². The van der Waals surface area contributed by atoms with E-state index in [1.807, 2.05) is 38.1 Å². The molecule has 0 bridgehead atoms. The molecule has 10 heteroatoms. The number of piperidine rings is 1. The second kappa shape index (κ2) is 11.8. The second-order valence-electron chi connectivity index (χ2n) is 10.5. The lowest BCUT2D eigenvalue weighted by Crippen LogP contribution is -2.50. The minimum Gasteiger partial charge on any atom is -0.451 e. The zero-order chi connectivity index (χ0) is 29.1. The molecule has 2 atom stereocenters. The van der Waals surface area contributed by atoms with Gasteiger partial charge in [0.2, 0.25) is 5.91 Å². The lowest BCUT2D eigenvalue weighted by atomic mass is 9.77. The van der Waals surface area contributed by atoms with Gasteiger partial charge in [-0.05, 0) is 43.1 Å². The Morgan fingerprint density at radius 3 is 2.59 bits per heavy atom. The van der Waals surface area contributed by atoms with E-state index in [0.717, 1.165) is 16.8 Å². The standard InChI is InChI=1S/C29H28FN5O4.C2H6/c1-29(38)16-34(14-18-2-4-19(5-3-18)25-15-39-17-32-25)10-8-23(29)21-6-7-24-22(27(21)30)12-20(13-31-24)35-11-9-26(36)33-28(35)37;1-2/h2-7,12-13,15,17,23,38H,8-11,14,16H2,1H3,(H,33,36,37);1-2H3. The van der Waals surface area contributed by atoms with Gasteiger partial charge in [-0.1, -0.05) is 44.2 Å². The van der Waals surface area contributed by atoms with Crippen LogP contribution >= 0.6 is 0 Å². The van der Waals surface area contributed by atoms with Crippen LogP contribution < -0.4 is 10.2 Å². The number of carbonyl (C=O) groups is 2. The summed E-state index contributed by atoms with van der Waals surface area (Å²) in [5, 5.41) is 14.0. The van der Waals surface area contributed by atoms with Crippen molar-refractivity contribution in [3.05, 3.63) is 78.3 Å². The van der Waals surface area contributed by atoms with Gasteiger partial charge in [0.15, 0.2) is 6.39 Å². The molecule has 4 heterocycles. The highest BCUT2D eigenvalue weighted by atomic mass is 19.1. The lowest BCUT2D eigenvalue weighted by molar-refractivity contribution is -0.120. The maximum absolute atomic E-state index is 16.0. The number of pyridine rings is 1. The number of urea groups is 1. The first-order chi connectivity index (χ1) is 19.8. The molecule has 2 aliphatic rings. The van der Waals surface area contributed by atoms with Gasteiger partial charge in [0, 0.05) is 42.9 Å². The summed E-state index contributed by atoms with van der Waals surface area (Å²) in [5.74, 6) is -1.19. The van der Waals surface area contributed by atoms with Crippen molar-refractivity contribution in [2.24, 2.45) is 0 Å². The summed E-state index contributed by atoms with van der Waals surface area (Å²) >= 11 is 0. The fourth-order valence-electron chi connectivity index (χ4n) is 5.68. The number of anilines is 1. The summed E-state index contributed by atoms with van der Waals surface area (Å²) in [4.78, 5) is 35.9. The molecule has 2 aliphatic heterocycles. The van der Waals surface area contributed by atoms with E-state index in [9.17, 15) is 14.7 Å². The van der Waals surface area contributed by atoms with E-state index < -0.39 is 23.4 Å². The van der Waals surface area contributed by atoms with Crippen LogP contribution in [-0.4, -0.2) is 57.1 Å². The van der Waals surface area contributed by atoms with Gasteiger partial charge in [-0.25, -0.2) is 14.2 Å². The van der Waals surface area contributed by atoms with Gasteiger partial charge < -0.3 is 9.52 Å². The molecule has 2 N–H and O–H groups in total. The molecule has 3 amide bonds. The largest absolute Gasteiger partial charge is 0.451 e. The third-order valence-electron chi connectivity index (χ3n) is 7.67. The highest BCUT2D eigenvalue weighted by molar-refractivity contribution is 6.06. The third kappa shape index (κ3) is 5.84. The number of hydrogen-bond acceptors (Lipinski definition) is 7. The normalized spacial score (nSPS) is 21.4. The second-order valence-corrected chi connectivity index (χ2v) is 10.5. The highest BCUT2D eigenvalue weighted by Crippen LogP contribution is 2.39. The van der Waals surface area contributed by atoms with Crippen molar-refractivity contribution in [2.75, 3.05) is 24.5 Å². The topological polar surface area (TPSA) is 112 Å². The summed E-state index contributed by atoms with van der Waals surface area (Å²) in [6, 6.07) is 12.6. The van der Waals surface area contributed by atoms with Crippen LogP contribution in [0.1, 0.15) is 50.7 Å². The Morgan fingerprint density at radius 2 is 1.90 bits per heavy atom. The van der Waals surface area contributed by atoms with E-state index in [0.29, 0.717) is 42.8 Å². The zero-order valence-corrected chi connectivity index (χ0v) is 23.4. The molecular formula is C31H34FN5O4. The number of amides is 3. The number of imide groups is 1. The van der Waals surface area contributed by atoms with Crippen molar-refractivity contribution in [3.63, 3.8) is 0 Å². The number of carbonyl (C=O) groups excluding carboxylic acids is 2. The van der Waals surface area contributed by atoms with Crippen LogP contribution in [0.25, 0.3) is 22.2 Å². The predicted octanol–water partition coefficient (Wildman–Crippen LogP) is 5.24. The molecule has 0 spiro atoms. The number of aliphatic hydroxyl groups is 1. The van der Waals surface area contributed by atoms with E-state index in [1.54, 1.807) is 31.4 Å². The van der Waals surface area contributed by atoms with E-state index in [1.165, 1.54) is 17.5 Å². The van der Waals surface area contributed by atoms with Gasteiger partial charge in [0.25, 0.3) is 0 Å². The molecule has 6 rings (SSSR count). The Kier molecular flexibility index (Phi) is 8.14. The molecule has 0 aliphatic carbocycles. The molecule has 2 fully saturated rings.